The van der Waals surface area contributed by atoms with E-state index in [1.54, 1.807) is 6.07 Å². The highest BCUT2D eigenvalue weighted by Gasteiger charge is 2.27. The number of hydrogen-bond acceptors (Lipinski definition) is 2. The molecule has 2 aromatic carbocycles. The number of para-hydroxylation sites is 2. The number of ether oxygens (including phenoxy) is 1. The third kappa shape index (κ3) is 2.89. The number of nitrogens with zero attached hydrogens (tertiary/aromatic N) is 1. The van der Waals surface area contributed by atoms with Crippen LogP contribution in [0, 0.1) is 5.82 Å². The molecule has 1 aliphatic heterocycles. The van der Waals surface area contributed by atoms with E-state index < -0.39 is 0 Å². The van der Waals surface area contributed by atoms with E-state index >= 15 is 0 Å². The second kappa shape index (κ2) is 5.95. The number of carbonyl (C=O) groups excluding carboxylic acids is 1. The summed E-state index contributed by atoms with van der Waals surface area (Å²) in [5, 5.41) is 0. The van der Waals surface area contributed by atoms with E-state index in [0.29, 0.717) is 25.3 Å². The second-order valence-corrected chi connectivity index (χ2v) is 4.95. The molecule has 0 aromatic heterocycles. The zero-order valence-electron chi connectivity index (χ0n) is 11.6. The molecule has 0 radical (unpaired) electrons. The van der Waals surface area contributed by atoms with Gasteiger partial charge in [0.05, 0.1) is 18.7 Å². The molecular formula is C17H16FNO2. The fraction of sp³-hybridized carbons (Fsp3) is 0.235. The van der Waals surface area contributed by atoms with Crippen LogP contribution in [0.25, 0.3) is 0 Å². The average Bonchev–Trinajstić information content (AvgIpc) is 2.94. The SMILES string of the molecule is O=C(CCOc1ccccc1)N1CCc2cccc(F)c21. The number of hydrogen-bond donors (Lipinski definition) is 0. The molecule has 4 heteroatoms. The fourth-order valence-corrected chi connectivity index (χ4v) is 2.57. The first-order valence-electron chi connectivity index (χ1n) is 7.01. The highest BCUT2D eigenvalue weighted by Crippen LogP contribution is 2.31. The maximum Gasteiger partial charge on any atom is 0.230 e. The summed E-state index contributed by atoms with van der Waals surface area (Å²) in [5.74, 6) is 0.301. The third-order valence-corrected chi connectivity index (χ3v) is 3.57. The molecule has 21 heavy (non-hydrogen) atoms. The zero-order valence-corrected chi connectivity index (χ0v) is 11.6. The summed E-state index contributed by atoms with van der Waals surface area (Å²) in [6, 6.07) is 14.3. The van der Waals surface area contributed by atoms with Crippen LogP contribution in [0.3, 0.4) is 0 Å². The summed E-state index contributed by atoms with van der Waals surface area (Å²) in [7, 11) is 0. The minimum Gasteiger partial charge on any atom is -0.493 e. The van der Waals surface area contributed by atoms with Gasteiger partial charge in [-0.3, -0.25) is 4.79 Å². The van der Waals surface area contributed by atoms with E-state index in [1.165, 1.54) is 11.0 Å². The maximum atomic E-state index is 13.9. The van der Waals surface area contributed by atoms with Crippen LogP contribution in [0.2, 0.25) is 0 Å². The summed E-state index contributed by atoms with van der Waals surface area (Å²) in [4.78, 5) is 13.8. The van der Waals surface area contributed by atoms with Crippen molar-refractivity contribution >= 4 is 11.6 Å². The Hall–Kier alpha value is -2.36. The van der Waals surface area contributed by atoms with Gasteiger partial charge in [0.25, 0.3) is 0 Å². The number of benzene rings is 2. The minimum atomic E-state index is -0.331. The van der Waals surface area contributed by atoms with E-state index in [0.717, 1.165) is 11.3 Å². The molecule has 0 fully saturated rings. The zero-order chi connectivity index (χ0) is 14.7. The van der Waals surface area contributed by atoms with Gasteiger partial charge in [-0.2, -0.15) is 0 Å². The van der Waals surface area contributed by atoms with Crippen LogP contribution in [0.15, 0.2) is 48.5 Å². The summed E-state index contributed by atoms with van der Waals surface area (Å²) < 4.78 is 19.4. The van der Waals surface area contributed by atoms with Crippen molar-refractivity contribution in [3.63, 3.8) is 0 Å². The highest BCUT2D eigenvalue weighted by atomic mass is 19.1. The Bertz CT molecular complexity index is 642. The van der Waals surface area contributed by atoms with Gasteiger partial charge in [-0.15, -0.1) is 0 Å². The Morgan fingerprint density at radius 3 is 2.76 bits per heavy atom. The first-order valence-corrected chi connectivity index (χ1v) is 7.01. The van der Waals surface area contributed by atoms with E-state index in [2.05, 4.69) is 0 Å². The lowest BCUT2D eigenvalue weighted by Crippen LogP contribution is -2.30. The van der Waals surface area contributed by atoms with Gasteiger partial charge in [0.1, 0.15) is 11.6 Å². The molecule has 3 nitrogen and oxygen atoms in total. The minimum absolute atomic E-state index is 0.102. The molecule has 2 aromatic rings. The van der Waals surface area contributed by atoms with Crippen molar-refractivity contribution in [2.75, 3.05) is 18.1 Å². The monoisotopic (exact) mass is 285 g/mol. The van der Waals surface area contributed by atoms with E-state index in [9.17, 15) is 9.18 Å². The van der Waals surface area contributed by atoms with Crippen molar-refractivity contribution in [2.24, 2.45) is 0 Å². The Morgan fingerprint density at radius 1 is 1.14 bits per heavy atom. The molecule has 1 aliphatic rings. The first-order chi connectivity index (χ1) is 10.3. The Kier molecular flexibility index (Phi) is 3.86. The van der Waals surface area contributed by atoms with Gasteiger partial charge < -0.3 is 9.64 Å². The van der Waals surface area contributed by atoms with Crippen molar-refractivity contribution < 1.29 is 13.9 Å². The standard InChI is InChI=1S/C17H16FNO2/c18-15-8-4-5-13-9-11-19(17(13)15)16(20)10-12-21-14-6-2-1-3-7-14/h1-8H,9-12H2. The van der Waals surface area contributed by atoms with Crippen LogP contribution < -0.4 is 9.64 Å². The summed E-state index contributed by atoms with van der Waals surface area (Å²) in [5.41, 5.74) is 1.33. The van der Waals surface area contributed by atoms with Gasteiger partial charge in [-0.25, -0.2) is 4.39 Å². The van der Waals surface area contributed by atoms with Crippen molar-refractivity contribution in [1.82, 2.24) is 0 Å². The fourth-order valence-electron chi connectivity index (χ4n) is 2.57. The van der Waals surface area contributed by atoms with Crippen LogP contribution in [-0.2, 0) is 11.2 Å². The molecule has 0 aliphatic carbocycles. The van der Waals surface area contributed by atoms with E-state index in [1.807, 2.05) is 36.4 Å². The molecule has 1 heterocycles. The number of fused-ring (bicyclic) bond motifs is 1. The van der Waals surface area contributed by atoms with Crippen molar-refractivity contribution in [3.8, 4) is 5.75 Å². The van der Waals surface area contributed by atoms with Gasteiger partial charge in [0.2, 0.25) is 5.91 Å². The molecule has 0 N–H and O–H groups in total. The van der Waals surface area contributed by atoms with Crippen LogP contribution >= 0.6 is 0 Å². The van der Waals surface area contributed by atoms with Gasteiger partial charge in [-0.1, -0.05) is 30.3 Å². The Labute approximate surface area is 123 Å². The number of amides is 1. The number of halogens is 1. The van der Waals surface area contributed by atoms with E-state index in [4.69, 9.17) is 4.74 Å². The van der Waals surface area contributed by atoms with Crippen LogP contribution in [-0.4, -0.2) is 19.1 Å². The topological polar surface area (TPSA) is 29.5 Å². The number of anilines is 1. The molecule has 0 saturated carbocycles. The van der Waals surface area contributed by atoms with Crippen molar-refractivity contribution in [2.45, 2.75) is 12.8 Å². The highest BCUT2D eigenvalue weighted by molar-refractivity contribution is 5.95. The predicted molar refractivity (Wildman–Crippen MR) is 79.0 cm³/mol. The molecule has 0 atom stereocenters. The van der Waals surface area contributed by atoms with Crippen molar-refractivity contribution in [3.05, 3.63) is 59.9 Å². The van der Waals surface area contributed by atoms with Crippen LogP contribution in [0.4, 0.5) is 10.1 Å². The molecule has 3 rings (SSSR count). The second-order valence-electron chi connectivity index (χ2n) is 4.95. The van der Waals surface area contributed by atoms with Gasteiger partial charge in [-0.05, 0) is 30.2 Å². The maximum absolute atomic E-state index is 13.9. The quantitative estimate of drug-likeness (QED) is 0.863. The summed E-state index contributed by atoms with van der Waals surface area (Å²) in [6.07, 6.45) is 0.945. The number of carbonyl (C=O) groups is 1. The normalized spacial score (nSPS) is 13.1. The molecule has 0 bridgehead atoms. The van der Waals surface area contributed by atoms with E-state index in [-0.39, 0.29) is 18.1 Å². The molecule has 0 unspecified atom stereocenters. The predicted octanol–water partition coefficient (Wildman–Crippen LogP) is 3.18. The molecule has 108 valence electrons. The van der Waals surface area contributed by atoms with Gasteiger partial charge >= 0.3 is 0 Å². The van der Waals surface area contributed by atoms with Gasteiger partial charge in [0, 0.05) is 6.54 Å². The van der Waals surface area contributed by atoms with Crippen molar-refractivity contribution in [1.29, 1.82) is 0 Å². The molecular weight excluding hydrogens is 269 g/mol. The Balaban J connectivity index is 1.61. The molecule has 0 saturated heterocycles. The van der Waals surface area contributed by atoms with Crippen LogP contribution in [0.5, 0.6) is 5.75 Å². The summed E-state index contributed by atoms with van der Waals surface area (Å²) in [6.45, 7) is 0.837. The van der Waals surface area contributed by atoms with Gasteiger partial charge in [0.15, 0.2) is 0 Å². The first kappa shape index (κ1) is 13.6. The van der Waals surface area contributed by atoms with Crippen LogP contribution in [0.1, 0.15) is 12.0 Å². The molecule has 0 spiro atoms. The Morgan fingerprint density at radius 2 is 1.95 bits per heavy atom. The number of rotatable bonds is 4. The molecule has 1 amide bonds. The lowest BCUT2D eigenvalue weighted by molar-refractivity contribution is -0.119. The smallest absolute Gasteiger partial charge is 0.230 e. The lowest BCUT2D eigenvalue weighted by atomic mass is 10.1. The largest absolute Gasteiger partial charge is 0.493 e. The lowest BCUT2D eigenvalue weighted by Gasteiger charge is -2.18. The third-order valence-electron chi connectivity index (χ3n) is 3.57. The summed E-state index contributed by atoms with van der Waals surface area (Å²) >= 11 is 0. The average molecular weight is 285 g/mol.